The number of nitrogens with zero attached hydrogens (tertiary/aromatic N) is 4. The van der Waals surface area contributed by atoms with Crippen molar-refractivity contribution in [3.63, 3.8) is 0 Å². The number of thioether (sulfide) groups is 1. The molecule has 0 radical (unpaired) electrons. The smallest absolute Gasteiger partial charge is 0.253 e. The second-order valence-electron chi connectivity index (χ2n) is 7.76. The topological polar surface area (TPSA) is 104 Å². The van der Waals surface area contributed by atoms with Gasteiger partial charge in [0.15, 0.2) is 11.0 Å². The van der Waals surface area contributed by atoms with Crippen molar-refractivity contribution in [2.75, 3.05) is 5.32 Å². The van der Waals surface area contributed by atoms with Crippen LogP contribution in [-0.2, 0) is 11.3 Å². The largest absolute Gasteiger partial charge is 0.506 e. The molecule has 37 heavy (non-hydrogen) atoms. The molecule has 1 amide bonds. The summed E-state index contributed by atoms with van der Waals surface area (Å²) in [5, 5.41) is 26.7. The zero-order valence-electron chi connectivity index (χ0n) is 19.4. The SMILES string of the molecule is CC(Sc1nnc(CNc2ccc(Cl)cc2)n1-c1ccccc1)C(=O)N/N=C/c1cc(Br)c(O)c(Br)c1. The van der Waals surface area contributed by atoms with Crippen LogP contribution >= 0.6 is 55.2 Å². The normalized spacial score (nSPS) is 12.0. The van der Waals surface area contributed by atoms with Crippen LogP contribution in [0.3, 0.4) is 0 Å². The highest BCUT2D eigenvalue weighted by Crippen LogP contribution is 2.33. The fraction of sp³-hybridized carbons (Fsp3) is 0.120. The Bertz CT molecular complexity index is 1390. The van der Waals surface area contributed by atoms with Gasteiger partial charge in [0.1, 0.15) is 5.75 Å². The van der Waals surface area contributed by atoms with Gasteiger partial charge in [-0.1, -0.05) is 41.6 Å². The number of benzene rings is 3. The van der Waals surface area contributed by atoms with Crippen molar-refractivity contribution in [3.8, 4) is 11.4 Å². The number of anilines is 1. The Morgan fingerprint density at radius 1 is 1.14 bits per heavy atom. The summed E-state index contributed by atoms with van der Waals surface area (Å²) in [6, 6.07) is 20.5. The summed E-state index contributed by atoms with van der Waals surface area (Å²) in [6.07, 6.45) is 1.50. The van der Waals surface area contributed by atoms with Crippen molar-refractivity contribution in [2.45, 2.75) is 23.9 Å². The van der Waals surface area contributed by atoms with Crippen molar-refractivity contribution >= 4 is 73.0 Å². The van der Waals surface area contributed by atoms with Crippen LogP contribution in [0.25, 0.3) is 5.69 Å². The van der Waals surface area contributed by atoms with Crippen LogP contribution in [0.1, 0.15) is 18.3 Å². The first-order valence-corrected chi connectivity index (χ1v) is 13.8. The van der Waals surface area contributed by atoms with Crippen molar-refractivity contribution < 1.29 is 9.90 Å². The average molecular weight is 665 g/mol. The first-order chi connectivity index (χ1) is 17.8. The summed E-state index contributed by atoms with van der Waals surface area (Å²) in [4.78, 5) is 12.7. The van der Waals surface area contributed by atoms with Gasteiger partial charge in [0, 0.05) is 16.4 Å². The minimum absolute atomic E-state index is 0.0940. The van der Waals surface area contributed by atoms with Crippen LogP contribution < -0.4 is 10.7 Å². The fourth-order valence-electron chi connectivity index (χ4n) is 3.21. The second-order valence-corrected chi connectivity index (χ2v) is 11.2. The maximum absolute atomic E-state index is 12.7. The molecule has 0 aliphatic rings. The third-order valence-corrected chi connectivity index (χ3v) is 7.59. The first-order valence-electron chi connectivity index (χ1n) is 11.0. The number of hydrazone groups is 1. The Hall–Kier alpha value is -2.86. The van der Waals surface area contributed by atoms with Crippen molar-refractivity contribution in [3.05, 3.63) is 92.1 Å². The van der Waals surface area contributed by atoms with E-state index in [-0.39, 0.29) is 11.7 Å². The molecule has 0 spiro atoms. The van der Waals surface area contributed by atoms with Gasteiger partial charge in [-0.3, -0.25) is 9.36 Å². The van der Waals surface area contributed by atoms with E-state index in [0.717, 1.165) is 11.4 Å². The van der Waals surface area contributed by atoms with E-state index in [1.54, 1.807) is 19.1 Å². The van der Waals surface area contributed by atoms with Crippen LogP contribution in [-0.4, -0.2) is 37.2 Å². The van der Waals surface area contributed by atoms with Crippen molar-refractivity contribution in [1.29, 1.82) is 0 Å². The van der Waals surface area contributed by atoms with E-state index in [0.29, 0.717) is 37.1 Å². The molecule has 3 aromatic carbocycles. The molecule has 0 saturated carbocycles. The lowest BCUT2D eigenvalue weighted by Crippen LogP contribution is -2.27. The lowest BCUT2D eigenvalue weighted by molar-refractivity contribution is -0.120. The summed E-state index contributed by atoms with van der Waals surface area (Å²) in [5.74, 6) is 0.496. The molecule has 8 nitrogen and oxygen atoms in total. The third kappa shape index (κ3) is 7.13. The molecule has 0 bridgehead atoms. The van der Waals surface area contributed by atoms with Gasteiger partial charge < -0.3 is 10.4 Å². The Kier molecular flexibility index (Phi) is 9.25. The molecule has 1 atom stereocenters. The van der Waals surface area contributed by atoms with Crippen molar-refractivity contribution in [2.24, 2.45) is 5.10 Å². The van der Waals surface area contributed by atoms with Gasteiger partial charge in [-0.25, -0.2) is 5.43 Å². The van der Waals surface area contributed by atoms with Crippen LogP contribution in [0.15, 0.2) is 85.9 Å². The molecule has 12 heteroatoms. The number of amides is 1. The maximum Gasteiger partial charge on any atom is 0.253 e. The van der Waals surface area contributed by atoms with Gasteiger partial charge in [0.2, 0.25) is 0 Å². The molecule has 190 valence electrons. The molecule has 0 aliphatic heterocycles. The highest BCUT2D eigenvalue weighted by atomic mass is 79.9. The van der Waals surface area contributed by atoms with E-state index >= 15 is 0 Å². The zero-order chi connectivity index (χ0) is 26.4. The average Bonchev–Trinajstić information content (AvgIpc) is 3.29. The number of carbonyl (C=O) groups is 1. The van der Waals surface area contributed by atoms with E-state index in [2.05, 4.69) is 57.9 Å². The maximum atomic E-state index is 12.7. The summed E-state index contributed by atoms with van der Waals surface area (Å²) in [6.45, 7) is 2.20. The fourth-order valence-corrected chi connectivity index (χ4v) is 5.44. The monoisotopic (exact) mass is 662 g/mol. The predicted molar refractivity (Wildman–Crippen MR) is 155 cm³/mol. The Morgan fingerprint density at radius 3 is 2.49 bits per heavy atom. The third-order valence-electron chi connectivity index (χ3n) is 5.09. The molecule has 4 aromatic rings. The number of aromatic hydroxyl groups is 1. The number of rotatable bonds is 9. The lowest BCUT2D eigenvalue weighted by atomic mass is 10.2. The minimum Gasteiger partial charge on any atom is -0.506 e. The number of nitrogens with one attached hydrogen (secondary N) is 2. The van der Waals surface area contributed by atoms with Gasteiger partial charge in [0.25, 0.3) is 5.91 Å². The standard InChI is InChI=1S/C25H21Br2ClN6O2S/c1-15(24(36)32-30-13-16-11-20(26)23(35)21(27)12-16)37-25-33-31-22(34(25)19-5-3-2-4-6-19)14-29-18-9-7-17(28)8-10-18/h2-13,15,29,35H,14H2,1H3,(H,32,36)/b30-13+. The Labute approximate surface area is 239 Å². The number of halogens is 3. The number of hydrogen-bond donors (Lipinski definition) is 3. The molecular weight excluding hydrogens is 644 g/mol. The molecule has 1 heterocycles. The van der Waals surface area contributed by atoms with Crippen LogP contribution in [0.4, 0.5) is 5.69 Å². The van der Waals surface area contributed by atoms with Crippen molar-refractivity contribution in [1.82, 2.24) is 20.2 Å². The Balaban J connectivity index is 1.46. The summed E-state index contributed by atoms with van der Waals surface area (Å²) in [5.41, 5.74) is 5.04. The number of phenolic OH excluding ortho intramolecular Hbond substituents is 1. The molecule has 0 fully saturated rings. The van der Waals surface area contributed by atoms with E-state index in [1.807, 2.05) is 59.2 Å². The van der Waals surface area contributed by atoms with E-state index in [1.165, 1.54) is 18.0 Å². The number of carbonyl (C=O) groups excluding carboxylic acids is 1. The van der Waals surface area contributed by atoms with Crippen LogP contribution in [0, 0.1) is 0 Å². The predicted octanol–water partition coefficient (Wildman–Crippen LogP) is 6.39. The number of phenols is 1. The zero-order valence-corrected chi connectivity index (χ0v) is 24.1. The minimum atomic E-state index is -0.501. The van der Waals surface area contributed by atoms with Crippen LogP contribution in [0.5, 0.6) is 5.75 Å². The second kappa shape index (κ2) is 12.6. The van der Waals surface area contributed by atoms with Gasteiger partial charge in [0.05, 0.1) is 27.0 Å². The summed E-state index contributed by atoms with van der Waals surface area (Å²) in [7, 11) is 0. The van der Waals surface area contributed by atoms with E-state index in [9.17, 15) is 9.90 Å². The lowest BCUT2D eigenvalue weighted by Gasteiger charge is -2.13. The molecule has 3 N–H and O–H groups in total. The Morgan fingerprint density at radius 2 is 1.81 bits per heavy atom. The molecule has 1 aromatic heterocycles. The molecule has 1 unspecified atom stereocenters. The van der Waals surface area contributed by atoms with E-state index in [4.69, 9.17) is 11.6 Å². The first kappa shape index (κ1) is 27.2. The van der Waals surface area contributed by atoms with Gasteiger partial charge in [-0.15, -0.1) is 10.2 Å². The summed E-state index contributed by atoms with van der Waals surface area (Å²) < 4.78 is 2.95. The molecule has 0 aliphatic carbocycles. The van der Waals surface area contributed by atoms with Gasteiger partial charge in [-0.05, 0) is 92.9 Å². The number of hydrogen-bond acceptors (Lipinski definition) is 7. The molecular formula is C25H21Br2ClN6O2S. The number of para-hydroxylation sites is 1. The van der Waals surface area contributed by atoms with Gasteiger partial charge in [-0.2, -0.15) is 5.10 Å². The molecule has 4 rings (SSSR count). The highest BCUT2D eigenvalue weighted by Gasteiger charge is 2.21. The van der Waals surface area contributed by atoms with Crippen LogP contribution in [0.2, 0.25) is 5.02 Å². The summed E-state index contributed by atoms with van der Waals surface area (Å²) >= 11 is 13.8. The highest BCUT2D eigenvalue weighted by molar-refractivity contribution is 9.11. The number of aromatic nitrogens is 3. The quantitative estimate of drug-likeness (QED) is 0.109. The molecule has 0 saturated heterocycles. The van der Waals surface area contributed by atoms with Gasteiger partial charge >= 0.3 is 0 Å². The van der Waals surface area contributed by atoms with E-state index < -0.39 is 5.25 Å².